The maximum absolute atomic E-state index is 13.1. The number of aromatic nitrogens is 2. The van der Waals surface area contributed by atoms with Crippen molar-refractivity contribution < 1.29 is 4.79 Å². The standard InChI is InChI=1S/C21H17N3O2S/c1-24-21(26)16-11-6-5-10-15(16)19(23-24)20(25)22-18(17-12-7-13-27-17)14-8-3-2-4-9-14/h2-13,18H,1H3,(H,22,25)/t18-/m0/s1. The zero-order valence-corrected chi connectivity index (χ0v) is 15.4. The fourth-order valence-corrected chi connectivity index (χ4v) is 3.89. The maximum atomic E-state index is 13.1. The molecule has 0 aliphatic carbocycles. The third-order valence-electron chi connectivity index (χ3n) is 4.41. The number of hydrogen-bond acceptors (Lipinski definition) is 4. The first-order chi connectivity index (χ1) is 13.1. The number of nitrogens with one attached hydrogen (secondary N) is 1. The van der Waals surface area contributed by atoms with Crippen LogP contribution in [0.25, 0.3) is 10.8 Å². The topological polar surface area (TPSA) is 64.0 Å². The van der Waals surface area contributed by atoms with Gasteiger partial charge in [-0.25, -0.2) is 4.68 Å². The van der Waals surface area contributed by atoms with E-state index in [1.54, 1.807) is 42.6 Å². The minimum atomic E-state index is -0.316. The van der Waals surface area contributed by atoms with Gasteiger partial charge in [-0.1, -0.05) is 54.6 Å². The molecular weight excluding hydrogens is 358 g/mol. The number of rotatable bonds is 4. The lowest BCUT2D eigenvalue weighted by Crippen LogP contribution is -2.32. The highest BCUT2D eigenvalue weighted by molar-refractivity contribution is 7.10. The summed E-state index contributed by atoms with van der Waals surface area (Å²) in [5, 5.41) is 10.3. The van der Waals surface area contributed by atoms with Crippen LogP contribution in [-0.4, -0.2) is 15.7 Å². The van der Waals surface area contributed by atoms with E-state index in [-0.39, 0.29) is 23.2 Å². The molecule has 0 saturated carbocycles. The largest absolute Gasteiger partial charge is 0.339 e. The lowest BCUT2D eigenvalue weighted by atomic mass is 10.0. The Balaban J connectivity index is 1.78. The monoisotopic (exact) mass is 375 g/mol. The molecule has 0 unspecified atom stereocenters. The van der Waals surface area contributed by atoms with Crippen LogP contribution in [0.5, 0.6) is 0 Å². The smallest absolute Gasteiger partial charge is 0.274 e. The van der Waals surface area contributed by atoms with Gasteiger partial charge >= 0.3 is 0 Å². The molecule has 27 heavy (non-hydrogen) atoms. The molecule has 4 rings (SSSR count). The average molecular weight is 375 g/mol. The van der Waals surface area contributed by atoms with Gasteiger partial charge in [0.05, 0.1) is 11.4 Å². The summed E-state index contributed by atoms with van der Waals surface area (Å²) in [6.45, 7) is 0. The van der Waals surface area contributed by atoms with Crippen molar-refractivity contribution in [2.75, 3.05) is 0 Å². The molecule has 0 saturated heterocycles. The normalized spacial score (nSPS) is 12.0. The highest BCUT2D eigenvalue weighted by Crippen LogP contribution is 2.26. The van der Waals surface area contributed by atoms with Crippen molar-refractivity contribution in [1.29, 1.82) is 0 Å². The van der Waals surface area contributed by atoms with Crippen LogP contribution in [0.3, 0.4) is 0 Å². The number of carbonyl (C=O) groups excluding carboxylic acids is 1. The van der Waals surface area contributed by atoms with Gasteiger partial charge in [0.2, 0.25) is 0 Å². The summed E-state index contributed by atoms with van der Waals surface area (Å²) >= 11 is 1.58. The van der Waals surface area contributed by atoms with Gasteiger partial charge in [0, 0.05) is 17.3 Å². The summed E-state index contributed by atoms with van der Waals surface area (Å²) in [6, 6.07) is 20.5. The van der Waals surface area contributed by atoms with E-state index in [0.717, 1.165) is 10.4 Å². The summed E-state index contributed by atoms with van der Waals surface area (Å²) < 4.78 is 1.21. The molecule has 0 aliphatic rings. The van der Waals surface area contributed by atoms with Gasteiger partial charge in [-0.15, -0.1) is 11.3 Å². The molecule has 1 amide bonds. The molecule has 134 valence electrons. The number of benzene rings is 2. The molecule has 1 atom stereocenters. The van der Waals surface area contributed by atoms with E-state index in [1.165, 1.54) is 4.68 Å². The van der Waals surface area contributed by atoms with Gasteiger partial charge in [-0.3, -0.25) is 9.59 Å². The molecule has 5 nitrogen and oxygen atoms in total. The first-order valence-electron chi connectivity index (χ1n) is 8.50. The molecule has 2 heterocycles. The summed E-state index contributed by atoms with van der Waals surface area (Å²) in [5.41, 5.74) is 1.01. The number of fused-ring (bicyclic) bond motifs is 1. The highest BCUT2D eigenvalue weighted by Gasteiger charge is 2.22. The summed E-state index contributed by atoms with van der Waals surface area (Å²) in [7, 11) is 1.56. The molecule has 2 aromatic heterocycles. The van der Waals surface area contributed by atoms with E-state index in [2.05, 4.69) is 10.4 Å². The van der Waals surface area contributed by atoms with Crippen LogP contribution in [0, 0.1) is 0 Å². The molecule has 0 fully saturated rings. The second-order valence-electron chi connectivity index (χ2n) is 6.16. The third kappa shape index (κ3) is 3.27. The summed E-state index contributed by atoms with van der Waals surface area (Å²) in [4.78, 5) is 26.5. The van der Waals surface area contributed by atoms with Crippen LogP contribution in [-0.2, 0) is 7.05 Å². The Hall–Kier alpha value is -3.25. The number of aryl methyl sites for hydroxylation is 1. The Bertz CT molecular complexity index is 1150. The zero-order valence-electron chi connectivity index (χ0n) is 14.6. The lowest BCUT2D eigenvalue weighted by Gasteiger charge is -2.18. The van der Waals surface area contributed by atoms with Gasteiger partial charge in [0.1, 0.15) is 0 Å². The van der Waals surface area contributed by atoms with Crippen LogP contribution < -0.4 is 10.9 Å². The minimum Gasteiger partial charge on any atom is -0.339 e. The average Bonchev–Trinajstić information content (AvgIpc) is 3.24. The zero-order chi connectivity index (χ0) is 18.8. The predicted octanol–water partition coefficient (Wildman–Crippen LogP) is 3.51. The van der Waals surface area contributed by atoms with Crippen molar-refractivity contribution >= 4 is 28.0 Å². The molecule has 1 N–H and O–H groups in total. The Morgan fingerprint density at radius 1 is 1.00 bits per heavy atom. The van der Waals surface area contributed by atoms with E-state index in [9.17, 15) is 9.59 Å². The number of nitrogens with zero attached hydrogens (tertiary/aromatic N) is 2. The minimum absolute atomic E-state index is 0.222. The van der Waals surface area contributed by atoms with Crippen molar-refractivity contribution in [2.24, 2.45) is 7.05 Å². The van der Waals surface area contributed by atoms with Crippen LogP contribution in [0.2, 0.25) is 0 Å². The molecular formula is C21H17N3O2S. The highest BCUT2D eigenvalue weighted by atomic mass is 32.1. The number of amides is 1. The van der Waals surface area contributed by atoms with Crippen LogP contribution in [0.4, 0.5) is 0 Å². The Morgan fingerprint density at radius 2 is 1.70 bits per heavy atom. The molecule has 0 radical (unpaired) electrons. The van der Waals surface area contributed by atoms with E-state index >= 15 is 0 Å². The fraction of sp³-hybridized carbons (Fsp3) is 0.0952. The SMILES string of the molecule is Cn1nc(C(=O)N[C@@H](c2ccccc2)c2cccs2)c2ccccc2c1=O. The fourth-order valence-electron chi connectivity index (χ4n) is 3.09. The van der Waals surface area contributed by atoms with Crippen molar-refractivity contribution in [3.8, 4) is 0 Å². The van der Waals surface area contributed by atoms with E-state index in [4.69, 9.17) is 0 Å². The molecule has 4 aromatic rings. The van der Waals surface area contributed by atoms with Gasteiger partial charge in [0.15, 0.2) is 5.69 Å². The third-order valence-corrected chi connectivity index (χ3v) is 5.34. The maximum Gasteiger partial charge on any atom is 0.274 e. The predicted molar refractivity (Wildman–Crippen MR) is 107 cm³/mol. The van der Waals surface area contributed by atoms with Crippen molar-refractivity contribution in [3.63, 3.8) is 0 Å². The Kier molecular flexibility index (Phi) is 4.56. The van der Waals surface area contributed by atoms with Gasteiger partial charge < -0.3 is 5.32 Å². The van der Waals surface area contributed by atoms with Crippen LogP contribution >= 0.6 is 11.3 Å². The van der Waals surface area contributed by atoms with Gasteiger partial charge in [-0.2, -0.15) is 5.10 Å². The first-order valence-corrected chi connectivity index (χ1v) is 9.38. The summed E-state index contributed by atoms with van der Waals surface area (Å²) in [5.74, 6) is -0.316. The van der Waals surface area contributed by atoms with Crippen molar-refractivity contribution in [1.82, 2.24) is 15.1 Å². The Morgan fingerprint density at radius 3 is 2.41 bits per heavy atom. The van der Waals surface area contributed by atoms with Gasteiger partial charge in [-0.05, 0) is 23.1 Å². The molecule has 0 spiro atoms. The van der Waals surface area contributed by atoms with Gasteiger partial charge in [0.25, 0.3) is 11.5 Å². The number of hydrogen-bond donors (Lipinski definition) is 1. The Labute approximate surface area is 159 Å². The second kappa shape index (κ2) is 7.17. The quantitative estimate of drug-likeness (QED) is 0.594. The first kappa shape index (κ1) is 17.2. The van der Waals surface area contributed by atoms with Crippen molar-refractivity contribution in [2.45, 2.75) is 6.04 Å². The number of carbonyl (C=O) groups is 1. The second-order valence-corrected chi connectivity index (χ2v) is 7.13. The van der Waals surface area contributed by atoms with Crippen LogP contribution in [0.1, 0.15) is 27.0 Å². The molecule has 6 heteroatoms. The number of thiophene rings is 1. The lowest BCUT2D eigenvalue weighted by molar-refractivity contribution is 0.0938. The van der Waals surface area contributed by atoms with Crippen molar-refractivity contribution in [3.05, 3.63) is 98.6 Å². The summed E-state index contributed by atoms with van der Waals surface area (Å²) in [6.07, 6.45) is 0. The van der Waals surface area contributed by atoms with E-state index in [0.29, 0.717) is 10.8 Å². The van der Waals surface area contributed by atoms with E-state index < -0.39 is 0 Å². The van der Waals surface area contributed by atoms with Crippen LogP contribution in [0.15, 0.2) is 76.9 Å². The van der Waals surface area contributed by atoms with E-state index in [1.807, 2.05) is 47.8 Å². The molecule has 0 aliphatic heterocycles. The molecule has 0 bridgehead atoms. The molecule has 2 aromatic carbocycles.